The number of oxime groups is 1. The van der Waals surface area contributed by atoms with Crippen molar-refractivity contribution in [2.45, 2.75) is 36.3 Å². The van der Waals surface area contributed by atoms with Crippen LogP contribution in [0.4, 0.5) is 5.13 Å². The normalized spacial score (nSPS) is 20.8. The van der Waals surface area contributed by atoms with E-state index >= 15 is 0 Å². The lowest BCUT2D eigenvalue weighted by molar-refractivity contribution is -0.150. The topological polar surface area (TPSA) is 188 Å². The molecule has 8 rings (SSSR count). The van der Waals surface area contributed by atoms with Crippen LogP contribution in [-0.4, -0.2) is 81.2 Å². The van der Waals surface area contributed by atoms with Gasteiger partial charge in [0.2, 0.25) is 11.5 Å². The molecule has 3 amide bonds. The van der Waals surface area contributed by atoms with Gasteiger partial charge in [-0.25, -0.2) is 9.78 Å². The van der Waals surface area contributed by atoms with E-state index in [1.165, 1.54) is 16.7 Å². The molecule has 57 heavy (non-hydrogen) atoms. The van der Waals surface area contributed by atoms with Crippen LogP contribution in [0.1, 0.15) is 41.6 Å². The lowest BCUT2D eigenvalue weighted by Crippen LogP contribution is -2.71. The molecule has 0 saturated carbocycles. The largest absolute Gasteiger partial charge is 0.477 e. The molecule has 0 aliphatic carbocycles. The minimum Gasteiger partial charge on any atom is -0.477 e. The smallest absolute Gasteiger partial charge is 0.352 e. The second kappa shape index (κ2) is 16.9. The second-order valence-corrected chi connectivity index (χ2v) is 15.8. The maximum absolute atomic E-state index is 14.3. The molecule has 3 saturated heterocycles. The number of β-lactam (4-membered cyclic amide) rings is 1. The minimum absolute atomic E-state index is 0. The van der Waals surface area contributed by atoms with Crippen LogP contribution in [0.3, 0.4) is 0 Å². The van der Waals surface area contributed by atoms with Gasteiger partial charge in [0.15, 0.2) is 10.8 Å². The van der Waals surface area contributed by atoms with Crippen LogP contribution in [0, 0.1) is 5.92 Å². The van der Waals surface area contributed by atoms with Gasteiger partial charge in [0.25, 0.3) is 11.8 Å². The minimum atomic E-state index is -1.31. The number of aliphatic carboxylic acids is 1. The number of aromatic nitrogens is 1. The zero-order valence-corrected chi connectivity index (χ0v) is 33.0. The number of piperidine rings is 1. The Kier molecular flexibility index (Phi) is 11.8. The van der Waals surface area contributed by atoms with Crippen LogP contribution < -0.4 is 21.7 Å². The fourth-order valence-corrected chi connectivity index (χ4v) is 9.90. The molecule has 4 aliphatic heterocycles. The van der Waals surface area contributed by atoms with E-state index < -0.39 is 34.8 Å². The number of hydrogen-bond donors (Lipinski definition) is 5. The number of thioether (sulfide) groups is 1. The summed E-state index contributed by atoms with van der Waals surface area (Å²) in [4.78, 5) is 66.6. The number of amides is 3. The quantitative estimate of drug-likeness (QED) is 0.0477. The first-order chi connectivity index (χ1) is 27.3. The number of fused-ring (bicyclic) bond motifs is 1. The Labute approximate surface area is 343 Å². The van der Waals surface area contributed by atoms with Crippen molar-refractivity contribution in [3.63, 3.8) is 0 Å². The molecule has 0 spiro atoms. The standard InChI is InChI=1S/C41H39N7O6S2.ClH/c42-40-45-30(23-56-40)32(47-54-41(25-10-4-1-5-11-25,26-12-6-2-7-13-26)27-14-8-3-9-15-27)36(50)46-33-37(51)48-34(39(52)53)29(22-55-38(33)48)31(24-16-19-43-20-17-24)28-18-21-44-35(28)49;/h1-15,23-24,33,38,43H,16-22H2,(H2,42,45)(H,44,49)(H,46,50)(H,52,53);1H/t33-,38-;/m1./s1. The van der Waals surface area contributed by atoms with Crippen LogP contribution in [0.2, 0.25) is 0 Å². The summed E-state index contributed by atoms with van der Waals surface area (Å²) in [6, 6.07) is 27.5. The zero-order chi connectivity index (χ0) is 38.8. The maximum Gasteiger partial charge on any atom is 0.352 e. The first kappa shape index (κ1) is 39.7. The summed E-state index contributed by atoms with van der Waals surface area (Å²) >= 11 is 2.47. The van der Waals surface area contributed by atoms with Gasteiger partial charge >= 0.3 is 5.97 Å². The molecule has 16 heteroatoms. The van der Waals surface area contributed by atoms with Gasteiger partial charge < -0.3 is 31.6 Å². The molecular weight excluding hydrogens is 786 g/mol. The molecular formula is C41H40ClN7O6S2. The summed E-state index contributed by atoms with van der Waals surface area (Å²) in [6.45, 7) is 1.96. The number of carbonyl (C=O) groups is 4. The maximum atomic E-state index is 14.3. The van der Waals surface area contributed by atoms with Gasteiger partial charge in [0, 0.05) is 39.9 Å². The molecule has 3 fully saturated rings. The summed E-state index contributed by atoms with van der Waals surface area (Å²) in [6.07, 6.45) is 1.98. The van der Waals surface area contributed by atoms with Crippen molar-refractivity contribution >= 4 is 70.0 Å². The summed E-state index contributed by atoms with van der Waals surface area (Å²) in [7, 11) is 0. The van der Waals surface area contributed by atoms with Crippen molar-refractivity contribution in [3.05, 3.63) is 141 Å². The van der Waals surface area contributed by atoms with Crippen LogP contribution in [0.5, 0.6) is 0 Å². The molecule has 6 N–H and O–H groups in total. The Balaban J connectivity index is 0.00000496. The van der Waals surface area contributed by atoms with E-state index in [1.54, 1.807) is 5.38 Å². The molecule has 0 bridgehead atoms. The number of hydrogen-bond acceptors (Lipinski definition) is 11. The van der Waals surface area contributed by atoms with Crippen molar-refractivity contribution in [2.24, 2.45) is 11.1 Å². The molecule has 294 valence electrons. The number of carboxylic acids is 1. The first-order valence-corrected chi connectivity index (χ1v) is 20.3. The second-order valence-electron chi connectivity index (χ2n) is 13.8. The van der Waals surface area contributed by atoms with Gasteiger partial charge in [-0.05, 0) is 49.4 Å². The highest BCUT2D eigenvalue weighted by Crippen LogP contribution is 2.46. The van der Waals surface area contributed by atoms with Crippen LogP contribution in [-0.2, 0) is 29.6 Å². The lowest BCUT2D eigenvalue weighted by Gasteiger charge is -2.50. The van der Waals surface area contributed by atoms with Crippen molar-refractivity contribution in [3.8, 4) is 0 Å². The van der Waals surface area contributed by atoms with E-state index in [0.717, 1.165) is 59.5 Å². The summed E-state index contributed by atoms with van der Waals surface area (Å²) in [5, 5.41) is 25.2. The molecule has 4 aliphatic rings. The number of carbonyl (C=O) groups excluding carboxylic acids is 3. The number of nitrogens with two attached hydrogens (primary N) is 1. The average Bonchev–Trinajstić information content (AvgIpc) is 3.87. The Morgan fingerprint density at radius 3 is 2.04 bits per heavy atom. The number of thiazole rings is 1. The van der Waals surface area contributed by atoms with E-state index in [-0.39, 0.29) is 52.2 Å². The summed E-state index contributed by atoms with van der Waals surface area (Å²) in [5.41, 5.74) is 8.57. The van der Waals surface area contributed by atoms with Gasteiger partial charge in [-0.3, -0.25) is 19.3 Å². The van der Waals surface area contributed by atoms with Gasteiger partial charge in [-0.15, -0.1) is 35.5 Å². The molecule has 4 aromatic rings. The third-order valence-corrected chi connectivity index (χ3v) is 12.5. The third kappa shape index (κ3) is 7.43. The lowest BCUT2D eigenvalue weighted by atomic mass is 9.80. The van der Waals surface area contributed by atoms with E-state index in [1.807, 2.05) is 91.0 Å². The highest BCUT2D eigenvalue weighted by molar-refractivity contribution is 8.00. The SMILES string of the molecule is Cl.Nc1nc(C(=NOC(c2ccccc2)(c2ccccc2)c2ccccc2)C(=O)N[C@@H]2C(=O)N3C(C(=O)O)=C(C(=C4CCNC4=O)C4CCNCC4)CS[C@H]23)cs1. The number of rotatable bonds is 11. The number of carboxylic acid groups (broad SMARTS) is 1. The van der Waals surface area contributed by atoms with E-state index in [9.17, 15) is 24.3 Å². The third-order valence-electron chi connectivity index (χ3n) is 10.6. The predicted molar refractivity (Wildman–Crippen MR) is 221 cm³/mol. The predicted octanol–water partition coefficient (Wildman–Crippen LogP) is 4.41. The Morgan fingerprint density at radius 2 is 1.53 bits per heavy atom. The fourth-order valence-electron chi connectivity index (χ4n) is 7.99. The highest BCUT2D eigenvalue weighted by Gasteiger charge is 2.55. The number of benzene rings is 3. The molecule has 13 nitrogen and oxygen atoms in total. The van der Waals surface area contributed by atoms with Crippen molar-refractivity contribution in [1.82, 2.24) is 25.8 Å². The molecule has 1 aromatic heterocycles. The van der Waals surface area contributed by atoms with E-state index in [2.05, 4.69) is 26.1 Å². The number of allylic oxidation sites excluding steroid dienone is 1. The monoisotopic (exact) mass is 825 g/mol. The highest BCUT2D eigenvalue weighted by atomic mass is 35.5. The van der Waals surface area contributed by atoms with Crippen molar-refractivity contribution < 1.29 is 29.1 Å². The number of nitrogen functional groups attached to an aromatic ring is 1. The molecule has 2 atom stereocenters. The van der Waals surface area contributed by atoms with E-state index in [4.69, 9.17) is 10.6 Å². The number of anilines is 1. The van der Waals surface area contributed by atoms with Crippen LogP contribution in [0.25, 0.3) is 0 Å². The van der Waals surface area contributed by atoms with Gasteiger partial charge in [-0.1, -0.05) is 96.2 Å². The van der Waals surface area contributed by atoms with Gasteiger partial charge in [0.1, 0.15) is 22.8 Å². The van der Waals surface area contributed by atoms with Gasteiger partial charge in [-0.2, -0.15) is 0 Å². The fraction of sp³-hybridized carbons (Fsp3) is 0.268. The number of nitrogens with one attached hydrogen (secondary N) is 3. The molecule has 0 unspecified atom stereocenters. The van der Waals surface area contributed by atoms with Crippen LogP contribution in [0.15, 0.2) is 124 Å². The van der Waals surface area contributed by atoms with Crippen LogP contribution >= 0.6 is 35.5 Å². The first-order valence-electron chi connectivity index (χ1n) is 18.4. The van der Waals surface area contributed by atoms with Gasteiger partial charge in [0.05, 0.1) is 0 Å². The number of nitrogens with zero attached hydrogens (tertiary/aromatic N) is 3. The summed E-state index contributed by atoms with van der Waals surface area (Å²) < 4.78 is 0. The average molecular weight is 826 g/mol. The summed E-state index contributed by atoms with van der Waals surface area (Å²) in [5.74, 6) is -2.57. The molecule has 5 heterocycles. The van der Waals surface area contributed by atoms with Crippen molar-refractivity contribution in [1.29, 1.82) is 0 Å². The Morgan fingerprint density at radius 1 is 0.930 bits per heavy atom. The molecule has 0 radical (unpaired) electrons. The zero-order valence-electron chi connectivity index (χ0n) is 30.6. The molecule has 3 aromatic carbocycles. The Hall–Kier alpha value is -5.48. The Bertz CT molecular complexity index is 2170. The van der Waals surface area contributed by atoms with Crippen molar-refractivity contribution in [2.75, 3.05) is 31.1 Å². The van der Waals surface area contributed by atoms with E-state index in [0.29, 0.717) is 24.1 Å². The number of halogens is 1.